The first-order chi connectivity index (χ1) is 12.3. The molecule has 0 heterocycles. The molecule has 0 bridgehead atoms. The molecule has 0 spiro atoms. The van der Waals surface area contributed by atoms with Gasteiger partial charge in [0.25, 0.3) is 0 Å². The highest BCUT2D eigenvalue weighted by atomic mass is 16.5. The summed E-state index contributed by atoms with van der Waals surface area (Å²) in [7, 11) is 0. The first-order valence-corrected chi connectivity index (χ1v) is 8.62. The van der Waals surface area contributed by atoms with Crippen molar-refractivity contribution >= 4 is 17.9 Å². The number of hydrogen-bond donors (Lipinski definition) is 0. The molecule has 26 heavy (non-hydrogen) atoms. The van der Waals surface area contributed by atoms with Gasteiger partial charge in [-0.2, -0.15) is 0 Å². The van der Waals surface area contributed by atoms with Crippen LogP contribution >= 0.6 is 0 Å². The molecule has 0 radical (unpaired) electrons. The van der Waals surface area contributed by atoms with Gasteiger partial charge in [-0.3, -0.25) is 14.4 Å². The van der Waals surface area contributed by atoms with Gasteiger partial charge >= 0.3 is 17.9 Å². The Morgan fingerprint density at radius 2 is 1.12 bits per heavy atom. The molecule has 0 amide bonds. The van der Waals surface area contributed by atoms with Crippen molar-refractivity contribution in [3.63, 3.8) is 0 Å². The van der Waals surface area contributed by atoms with Crippen molar-refractivity contribution in [1.29, 1.82) is 0 Å². The molecule has 7 heteroatoms. The van der Waals surface area contributed by atoms with E-state index in [4.69, 9.17) is 14.2 Å². The molecule has 1 rings (SSSR count). The number of esters is 3. The zero-order valence-electron chi connectivity index (χ0n) is 15.7. The Labute approximate surface area is 154 Å². The smallest absolute Gasteiger partial charge is 0.302 e. The third-order valence-electron chi connectivity index (χ3n) is 3.97. The highest BCUT2D eigenvalue weighted by molar-refractivity contribution is 5.66. The zero-order chi connectivity index (χ0) is 19.4. The Kier molecular flexibility index (Phi) is 9.36. The van der Waals surface area contributed by atoms with Crippen molar-refractivity contribution in [2.45, 2.75) is 27.3 Å². The number of nitrogens with zero attached hydrogens (tertiary/aromatic N) is 1. The van der Waals surface area contributed by atoms with E-state index < -0.39 is 0 Å². The third-order valence-corrected chi connectivity index (χ3v) is 3.97. The monoisotopic (exact) mass is 366 g/mol. The maximum atomic E-state index is 11.1. The van der Waals surface area contributed by atoms with Crippen LogP contribution in [0.5, 0.6) is 0 Å². The highest BCUT2D eigenvalue weighted by Crippen LogP contribution is 2.15. The number of carbonyl (C=O) groups is 3. The minimum Gasteiger partial charge on any atom is -0.460 e. The summed E-state index contributed by atoms with van der Waals surface area (Å²) in [5.41, 5.74) is 1.10. The number of ether oxygens (including phenoxy) is 3. The summed E-state index contributed by atoms with van der Waals surface area (Å²) >= 11 is 0. The van der Waals surface area contributed by atoms with Gasteiger partial charge in [-0.1, -0.05) is 30.3 Å². The Bertz CT molecular complexity index is 537. The first-order valence-electron chi connectivity index (χ1n) is 8.62. The fourth-order valence-corrected chi connectivity index (χ4v) is 2.69. The van der Waals surface area contributed by atoms with Gasteiger partial charge in [0.15, 0.2) is 0 Å². The van der Waals surface area contributed by atoms with Crippen LogP contribution < -0.4 is 0 Å². The second kappa shape index (κ2) is 11.3. The van der Waals surface area contributed by atoms with E-state index in [1.54, 1.807) is 0 Å². The molecule has 1 aromatic rings. The lowest BCUT2D eigenvalue weighted by atomic mass is 10.1. The molecular formula is C19H28NO6+. The van der Waals surface area contributed by atoms with Crippen LogP contribution in [0.1, 0.15) is 26.3 Å². The van der Waals surface area contributed by atoms with E-state index >= 15 is 0 Å². The standard InChI is InChI=1S/C19H28NO6/c1-16(21)24-12-9-20(10-13-25-17(2)22,11-14-26-18(3)23)15-19-7-5-4-6-8-19/h4-8H,9-15H2,1-3H3/q+1. The largest absolute Gasteiger partial charge is 0.460 e. The number of rotatable bonds is 11. The average molecular weight is 366 g/mol. The van der Waals surface area contributed by atoms with Crippen LogP contribution in [0.25, 0.3) is 0 Å². The number of carbonyl (C=O) groups excluding carboxylic acids is 3. The quantitative estimate of drug-likeness (QED) is 0.337. The fourth-order valence-electron chi connectivity index (χ4n) is 2.69. The molecule has 0 unspecified atom stereocenters. The topological polar surface area (TPSA) is 78.9 Å². The van der Waals surface area contributed by atoms with Gasteiger partial charge < -0.3 is 18.7 Å². The van der Waals surface area contributed by atoms with Gasteiger partial charge in [-0.25, -0.2) is 0 Å². The van der Waals surface area contributed by atoms with Crippen LogP contribution in [0.15, 0.2) is 30.3 Å². The number of benzene rings is 1. The second-order valence-electron chi connectivity index (χ2n) is 6.18. The summed E-state index contributed by atoms with van der Waals surface area (Å²) in [6.45, 7) is 7.03. The molecule has 0 aliphatic rings. The van der Waals surface area contributed by atoms with Crippen LogP contribution in [0, 0.1) is 0 Å². The predicted octanol–water partition coefficient (Wildman–Crippen LogP) is 1.69. The van der Waals surface area contributed by atoms with Gasteiger partial charge in [-0.15, -0.1) is 0 Å². The molecule has 0 aromatic heterocycles. The molecule has 144 valence electrons. The van der Waals surface area contributed by atoms with Gasteiger partial charge in [0, 0.05) is 26.3 Å². The normalized spacial score (nSPS) is 10.9. The Morgan fingerprint density at radius 1 is 0.731 bits per heavy atom. The van der Waals surface area contributed by atoms with Crippen molar-refractivity contribution in [3.8, 4) is 0 Å². The zero-order valence-corrected chi connectivity index (χ0v) is 15.7. The van der Waals surface area contributed by atoms with E-state index in [1.807, 2.05) is 30.3 Å². The third kappa shape index (κ3) is 9.17. The van der Waals surface area contributed by atoms with E-state index in [0.29, 0.717) is 30.7 Å². The lowest BCUT2D eigenvalue weighted by Gasteiger charge is -2.38. The van der Waals surface area contributed by atoms with Gasteiger partial charge in [0.2, 0.25) is 0 Å². The molecule has 1 aromatic carbocycles. The maximum absolute atomic E-state index is 11.1. The SMILES string of the molecule is CC(=O)OCC[N+](CCOC(C)=O)(CCOC(C)=O)Cc1ccccc1. The highest BCUT2D eigenvalue weighted by Gasteiger charge is 2.29. The summed E-state index contributed by atoms with van der Waals surface area (Å²) in [5.74, 6) is -1.03. The molecule has 0 saturated heterocycles. The summed E-state index contributed by atoms with van der Waals surface area (Å²) < 4.78 is 15.8. The molecule has 7 nitrogen and oxygen atoms in total. The first kappa shape index (κ1) is 21.6. The predicted molar refractivity (Wildman–Crippen MR) is 94.9 cm³/mol. The van der Waals surface area contributed by atoms with Crippen molar-refractivity contribution in [2.75, 3.05) is 39.5 Å². The van der Waals surface area contributed by atoms with E-state index in [0.717, 1.165) is 5.56 Å². The van der Waals surface area contributed by atoms with Crippen LogP contribution in [0.3, 0.4) is 0 Å². The van der Waals surface area contributed by atoms with E-state index in [9.17, 15) is 14.4 Å². The Morgan fingerprint density at radius 3 is 1.46 bits per heavy atom. The maximum Gasteiger partial charge on any atom is 0.302 e. The minimum atomic E-state index is -0.345. The number of hydrogen-bond acceptors (Lipinski definition) is 6. The summed E-state index contributed by atoms with van der Waals surface area (Å²) in [6, 6.07) is 9.87. The van der Waals surface area contributed by atoms with Gasteiger partial charge in [0.1, 0.15) is 46.0 Å². The molecule has 0 fully saturated rings. The van der Waals surface area contributed by atoms with Gasteiger partial charge in [0.05, 0.1) is 0 Å². The van der Waals surface area contributed by atoms with Crippen molar-refractivity contribution in [2.24, 2.45) is 0 Å². The van der Waals surface area contributed by atoms with E-state index in [2.05, 4.69) is 0 Å². The second-order valence-corrected chi connectivity index (χ2v) is 6.18. The Hall–Kier alpha value is -2.41. The lowest BCUT2D eigenvalue weighted by molar-refractivity contribution is -0.941. The number of quaternary nitrogens is 1. The van der Waals surface area contributed by atoms with Gasteiger partial charge in [-0.05, 0) is 0 Å². The summed E-state index contributed by atoms with van der Waals surface area (Å²) in [5, 5.41) is 0. The van der Waals surface area contributed by atoms with Crippen LogP contribution in [0.2, 0.25) is 0 Å². The molecular weight excluding hydrogens is 338 g/mol. The van der Waals surface area contributed by atoms with Crippen molar-refractivity contribution in [1.82, 2.24) is 0 Å². The van der Waals surface area contributed by atoms with Crippen LogP contribution in [-0.4, -0.2) is 61.8 Å². The van der Waals surface area contributed by atoms with Crippen LogP contribution in [0.4, 0.5) is 0 Å². The summed E-state index contributed by atoms with van der Waals surface area (Å²) in [6.07, 6.45) is 0. The summed E-state index contributed by atoms with van der Waals surface area (Å²) in [4.78, 5) is 33.4. The minimum absolute atomic E-state index is 0.238. The van der Waals surface area contributed by atoms with Crippen LogP contribution in [-0.2, 0) is 35.1 Å². The average Bonchev–Trinajstić information content (AvgIpc) is 2.54. The van der Waals surface area contributed by atoms with E-state index in [1.165, 1.54) is 20.8 Å². The molecule has 0 aliphatic heterocycles. The molecule has 0 N–H and O–H groups in total. The van der Waals surface area contributed by atoms with Crippen molar-refractivity contribution in [3.05, 3.63) is 35.9 Å². The molecule has 0 aliphatic carbocycles. The Balaban J connectivity index is 2.92. The molecule has 0 saturated carbocycles. The molecule has 0 atom stereocenters. The fraction of sp³-hybridized carbons (Fsp3) is 0.526. The van der Waals surface area contributed by atoms with E-state index in [-0.39, 0.29) is 37.7 Å². The lowest BCUT2D eigenvalue weighted by Crippen LogP contribution is -2.53. The van der Waals surface area contributed by atoms with Crippen molar-refractivity contribution < 1.29 is 33.1 Å².